The van der Waals surface area contributed by atoms with Crippen LogP contribution >= 0.6 is 0 Å². The second-order valence-corrected chi connectivity index (χ2v) is 5.04. The lowest BCUT2D eigenvalue weighted by atomic mass is 9.92. The Balaban J connectivity index is 2.57. The van der Waals surface area contributed by atoms with E-state index in [9.17, 15) is 20.3 Å². The fourth-order valence-corrected chi connectivity index (χ4v) is 2.31. The average Bonchev–Trinajstić information content (AvgIpc) is 2.57. The maximum absolute atomic E-state index is 11.8. The molecule has 0 atom stereocenters. The average molecular weight is 323 g/mol. The van der Waals surface area contributed by atoms with Gasteiger partial charge in [0.2, 0.25) is 0 Å². The van der Waals surface area contributed by atoms with Gasteiger partial charge in [-0.3, -0.25) is 4.79 Å². The third-order valence-electron chi connectivity index (χ3n) is 3.38. The van der Waals surface area contributed by atoms with Crippen LogP contribution in [-0.2, 0) is 9.53 Å². The normalized spacial score (nSPS) is 9.83. The minimum absolute atomic E-state index is 0.104. The third kappa shape index (κ3) is 4.14. The number of nitrogens with zero attached hydrogens (tertiary/aromatic N) is 1. The second kappa shape index (κ2) is 7.84. The van der Waals surface area contributed by atoms with E-state index < -0.39 is 5.97 Å². The SMILES string of the molecule is CCOC(=O)CC(C#N)=C(c1ccc(O)cc1)c1ccc(O)cc1. The molecule has 24 heavy (non-hydrogen) atoms. The van der Waals surface area contributed by atoms with Crippen molar-refractivity contribution in [3.05, 3.63) is 65.2 Å². The van der Waals surface area contributed by atoms with Gasteiger partial charge in [0.1, 0.15) is 11.5 Å². The van der Waals surface area contributed by atoms with Gasteiger partial charge >= 0.3 is 5.97 Å². The van der Waals surface area contributed by atoms with Crippen LogP contribution in [0.3, 0.4) is 0 Å². The number of esters is 1. The van der Waals surface area contributed by atoms with Gasteiger partial charge in [0.05, 0.1) is 19.1 Å². The van der Waals surface area contributed by atoms with Crippen LogP contribution in [-0.4, -0.2) is 22.8 Å². The Morgan fingerprint density at radius 1 is 1.00 bits per heavy atom. The van der Waals surface area contributed by atoms with E-state index in [2.05, 4.69) is 6.07 Å². The summed E-state index contributed by atoms with van der Waals surface area (Å²) in [4.78, 5) is 11.8. The van der Waals surface area contributed by atoms with Crippen LogP contribution in [0.5, 0.6) is 11.5 Å². The minimum Gasteiger partial charge on any atom is -0.508 e. The number of aromatic hydroxyl groups is 2. The lowest BCUT2D eigenvalue weighted by molar-refractivity contribution is -0.142. The Morgan fingerprint density at radius 3 is 1.83 bits per heavy atom. The Labute approximate surface area is 140 Å². The van der Waals surface area contributed by atoms with E-state index in [4.69, 9.17) is 4.74 Å². The van der Waals surface area contributed by atoms with Crippen LogP contribution in [0.15, 0.2) is 54.1 Å². The zero-order chi connectivity index (χ0) is 17.5. The van der Waals surface area contributed by atoms with E-state index in [0.717, 1.165) is 0 Å². The smallest absolute Gasteiger partial charge is 0.311 e. The molecule has 0 amide bonds. The first-order valence-electron chi connectivity index (χ1n) is 7.42. The first-order valence-corrected chi connectivity index (χ1v) is 7.42. The maximum Gasteiger partial charge on any atom is 0.311 e. The van der Waals surface area contributed by atoms with Gasteiger partial charge in [-0.05, 0) is 42.3 Å². The molecule has 122 valence electrons. The highest BCUT2D eigenvalue weighted by molar-refractivity contribution is 5.88. The van der Waals surface area contributed by atoms with Gasteiger partial charge in [0.15, 0.2) is 0 Å². The van der Waals surface area contributed by atoms with Crippen LogP contribution in [0.1, 0.15) is 24.5 Å². The lowest BCUT2D eigenvalue weighted by Crippen LogP contribution is -2.06. The Hall–Kier alpha value is -3.26. The second-order valence-electron chi connectivity index (χ2n) is 5.04. The summed E-state index contributed by atoms with van der Waals surface area (Å²) < 4.78 is 4.93. The molecule has 0 saturated heterocycles. The molecule has 0 spiro atoms. The zero-order valence-corrected chi connectivity index (χ0v) is 13.2. The molecule has 5 nitrogen and oxygen atoms in total. The number of ether oxygens (including phenoxy) is 1. The summed E-state index contributed by atoms with van der Waals surface area (Å²) in [6.45, 7) is 1.94. The van der Waals surface area contributed by atoms with Crippen LogP contribution in [0.2, 0.25) is 0 Å². The Kier molecular flexibility index (Phi) is 5.58. The van der Waals surface area contributed by atoms with Gasteiger partial charge in [-0.1, -0.05) is 24.3 Å². The van der Waals surface area contributed by atoms with E-state index in [-0.39, 0.29) is 30.1 Å². The molecule has 0 aliphatic heterocycles. The van der Waals surface area contributed by atoms with Crippen LogP contribution < -0.4 is 0 Å². The number of hydrogen-bond donors (Lipinski definition) is 2. The molecule has 2 aromatic carbocycles. The highest BCUT2D eigenvalue weighted by atomic mass is 16.5. The number of carbonyl (C=O) groups excluding carboxylic acids is 1. The maximum atomic E-state index is 11.8. The van der Waals surface area contributed by atoms with Crippen molar-refractivity contribution in [3.8, 4) is 17.6 Å². The number of phenols is 2. The molecule has 2 rings (SSSR count). The molecule has 2 N–H and O–H groups in total. The molecule has 0 aromatic heterocycles. The van der Waals surface area contributed by atoms with Crippen molar-refractivity contribution in [2.75, 3.05) is 6.61 Å². The highest BCUT2D eigenvalue weighted by Crippen LogP contribution is 2.30. The largest absolute Gasteiger partial charge is 0.508 e. The summed E-state index contributed by atoms with van der Waals surface area (Å²) in [5.74, 6) is -0.274. The van der Waals surface area contributed by atoms with E-state index in [1.54, 1.807) is 31.2 Å². The minimum atomic E-state index is -0.482. The fourth-order valence-electron chi connectivity index (χ4n) is 2.31. The van der Waals surface area contributed by atoms with Crippen molar-refractivity contribution in [3.63, 3.8) is 0 Å². The summed E-state index contributed by atoms with van der Waals surface area (Å²) in [6.07, 6.45) is -0.151. The molecule has 2 aromatic rings. The number of benzene rings is 2. The topological polar surface area (TPSA) is 90.6 Å². The Bertz CT molecular complexity index is 736. The molecule has 0 fully saturated rings. The fraction of sp³-hybridized carbons (Fsp3) is 0.158. The van der Waals surface area contributed by atoms with Crippen LogP contribution in [0, 0.1) is 11.3 Å². The molecule has 0 aliphatic carbocycles. The van der Waals surface area contributed by atoms with E-state index in [1.807, 2.05) is 0 Å². The Morgan fingerprint density at radius 2 is 1.46 bits per heavy atom. The summed E-state index contributed by atoms with van der Waals surface area (Å²) in [6, 6.07) is 14.8. The molecule has 0 heterocycles. The van der Waals surface area contributed by atoms with E-state index >= 15 is 0 Å². The quantitative estimate of drug-likeness (QED) is 0.650. The van der Waals surface area contributed by atoms with Gasteiger partial charge < -0.3 is 14.9 Å². The summed E-state index contributed by atoms with van der Waals surface area (Å²) in [7, 11) is 0. The zero-order valence-electron chi connectivity index (χ0n) is 13.2. The lowest BCUT2D eigenvalue weighted by Gasteiger charge is -2.12. The molecule has 0 saturated carbocycles. The monoisotopic (exact) mass is 323 g/mol. The van der Waals surface area contributed by atoms with Crippen molar-refractivity contribution in [1.29, 1.82) is 5.26 Å². The number of hydrogen-bond acceptors (Lipinski definition) is 5. The van der Waals surface area contributed by atoms with Gasteiger partial charge in [0.25, 0.3) is 0 Å². The summed E-state index contributed by atoms with van der Waals surface area (Å²) in [5.41, 5.74) is 2.18. The van der Waals surface area contributed by atoms with Gasteiger partial charge in [-0.2, -0.15) is 5.26 Å². The first kappa shape index (κ1) is 17.1. The van der Waals surface area contributed by atoms with Gasteiger partial charge in [-0.15, -0.1) is 0 Å². The van der Waals surface area contributed by atoms with Crippen LogP contribution in [0.4, 0.5) is 0 Å². The van der Waals surface area contributed by atoms with Gasteiger partial charge in [-0.25, -0.2) is 0 Å². The standard InChI is InChI=1S/C19H17NO4/c1-2-24-18(23)11-15(12-20)19(13-3-7-16(21)8-4-13)14-5-9-17(22)10-6-14/h3-10,21-22H,2,11H2,1H3. The molecule has 5 heteroatoms. The number of nitriles is 1. The van der Waals surface area contributed by atoms with Crippen molar-refractivity contribution >= 4 is 11.5 Å². The summed E-state index contributed by atoms with van der Waals surface area (Å²) in [5, 5.41) is 28.5. The number of rotatable bonds is 5. The van der Waals surface area contributed by atoms with Crippen molar-refractivity contribution in [2.24, 2.45) is 0 Å². The molecule has 0 bridgehead atoms. The molecule has 0 unspecified atom stereocenters. The molecular formula is C19H17NO4. The summed E-state index contributed by atoms with van der Waals surface area (Å²) >= 11 is 0. The van der Waals surface area contributed by atoms with Crippen molar-refractivity contribution < 1.29 is 19.7 Å². The van der Waals surface area contributed by atoms with E-state index in [1.165, 1.54) is 24.3 Å². The predicted molar refractivity (Wildman–Crippen MR) is 89.1 cm³/mol. The predicted octanol–water partition coefficient (Wildman–Crippen LogP) is 3.38. The third-order valence-corrected chi connectivity index (χ3v) is 3.38. The molecular weight excluding hydrogens is 306 g/mol. The molecule has 0 radical (unpaired) electrons. The van der Waals surface area contributed by atoms with Crippen molar-refractivity contribution in [2.45, 2.75) is 13.3 Å². The van der Waals surface area contributed by atoms with E-state index in [0.29, 0.717) is 16.7 Å². The number of carbonyl (C=O) groups is 1. The van der Waals surface area contributed by atoms with Gasteiger partial charge in [0, 0.05) is 11.1 Å². The first-order chi connectivity index (χ1) is 11.5. The molecule has 0 aliphatic rings. The number of phenolic OH excluding ortho intramolecular Hbond substituents is 2. The van der Waals surface area contributed by atoms with Crippen molar-refractivity contribution in [1.82, 2.24) is 0 Å². The van der Waals surface area contributed by atoms with Crippen LogP contribution in [0.25, 0.3) is 5.57 Å². The highest BCUT2D eigenvalue weighted by Gasteiger charge is 2.16.